The third-order valence-electron chi connectivity index (χ3n) is 3.82. The summed E-state index contributed by atoms with van der Waals surface area (Å²) in [5, 5.41) is 15.0. The van der Waals surface area contributed by atoms with Crippen LogP contribution in [-0.2, 0) is 26.1 Å². The van der Waals surface area contributed by atoms with Gasteiger partial charge in [-0.1, -0.05) is 0 Å². The van der Waals surface area contributed by atoms with Crippen molar-refractivity contribution in [3.63, 3.8) is 0 Å². The van der Waals surface area contributed by atoms with Crippen LogP contribution in [0, 0.1) is 6.92 Å². The van der Waals surface area contributed by atoms with Crippen LogP contribution in [0.2, 0.25) is 0 Å². The summed E-state index contributed by atoms with van der Waals surface area (Å²) < 4.78 is 2.19. The predicted molar refractivity (Wildman–Crippen MR) is 91.5 cm³/mol. The summed E-state index contributed by atoms with van der Waals surface area (Å²) in [7, 11) is 2.03. The number of guanidine groups is 1. The molecule has 1 aliphatic heterocycles. The summed E-state index contributed by atoms with van der Waals surface area (Å²) >= 11 is 1.68. The summed E-state index contributed by atoms with van der Waals surface area (Å²) in [6, 6.07) is 0. The van der Waals surface area contributed by atoms with Gasteiger partial charge >= 0.3 is 0 Å². The molecule has 1 aliphatic rings. The molecule has 2 aromatic heterocycles. The van der Waals surface area contributed by atoms with Crippen LogP contribution in [0.5, 0.6) is 0 Å². The molecule has 7 nitrogen and oxygen atoms in total. The average molecular weight is 333 g/mol. The van der Waals surface area contributed by atoms with Gasteiger partial charge in [0.1, 0.15) is 12.4 Å². The van der Waals surface area contributed by atoms with Crippen LogP contribution in [0.4, 0.5) is 0 Å². The van der Waals surface area contributed by atoms with Crippen molar-refractivity contribution in [2.75, 3.05) is 13.6 Å². The van der Waals surface area contributed by atoms with Gasteiger partial charge in [0.05, 0.1) is 17.2 Å². The molecule has 124 valence electrons. The molecule has 2 aromatic rings. The Morgan fingerprint density at radius 1 is 1.48 bits per heavy atom. The molecule has 23 heavy (non-hydrogen) atoms. The molecule has 0 atom stereocenters. The van der Waals surface area contributed by atoms with Crippen LogP contribution < -0.4 is 5.32 Å². The number of nitrogens with one attached hydrogen (secondary N) is 1. The summed E-state index contributed by atoms with van der Waals surface area (Å²) in [4.78, 5) is 11.3. The highest BCUT2D eigenvalue weighted by molar-refractivity contribution is 7.09. The number of fused-ring (bicyclic) bond motifs is 1. The standard InChI is InChI=1S/C15H23N7S/c1-4-16-15(21(3)9-12-10-23-11(2)18-12)17-8-14-20-19-13-6-5-7-22(13)14/h10H,4-9H2,1-3H3,(H,16,17). The first kappa shape index (κ1) is 15.9. The van der Waals surface area contributed by atoms with Gasteiger partial charge in [0.2, 0.25) is 0 Å². The third kappa shape index (κ3) is 3.69. The number of hydrogen-bond donors (Lipinski definition) is 1. The Morgan fingerprint density at radius 2 is 2.35 bits per heavy atom. The molecule has 0 saturated carbocycles. The van der Waals surface area contributed by atoms with Gasteiger partial charge in [-0.15, -0.1) is 21.5 Å². The molecule has 0 unspecified atom stereocenters. The Hall–Kier alpha value is -1.96. The molecule has 1 N–H and O–H groups in total. The average Bonchev–Trinajstić information content (AvgIpc) is 3.21. The Balaban J connectivity index is 1.69. The van der Waals surface area contributed by atoms with Crippen molar-refractivity contribution in [3.05, 3.63) is 27.7 Å². The topological polar surface area (TPSA) is 71.2 Å². The van der Waals surface area contributed by atoms with E-state index in [4.69, 9.17) is 4.99 Å². The summed E-state index contributed by atoms with van der Waals surface area (Å²) in [6.07, 6.45) is 2.19. The lowest BCUT2D eigenvalue weighted by molar-refractivity contribution is 0.470. The van der Waals surface area contributed by atoms with E-state index in [2.05, 4.69) is 42.3 Å². The summed E-state index contributed by atoms with van der Waals surface area (Å²) in [5.74, 6) is 2.91. The fraction of sp³-hybridized carbons (Fsp3) is 0.600. The second-order valence-corrected chi connectivity index (χ2v) is 6.73. The molecule has 0 radical (unpaired) electrons. The molecule has 0 amide bonds. The van der Waals surface area contributed by atoms with E-state index in [1.54, 1.807) is 11.3 Å². The van der Waals surface area contributed by atoms with Crippen molar-refractivity contribution in [2.45, 2.75) is 46.3 Å². The van der Waals surface area contributed by atoms with Crippen LogP contribution in [0.3, 0.4) is 0 Å². The van der Waals surface area contributed by atoms with Crippen molar-refractivity contribution in [2.24, 2.45) is 4.99 Å². The lowest BCUT2D eigenvalue weighted by Crippen LogP contribution is -2.38. The first-order valence-corrected chi connectivity index (χ1v) is 8.86. The molecular weight excluding hydrogens is 310 g/mol. The highest BCUT2D eigenvalue weighted by Crippen LogP contribution is 2.15. The van der Waals surface area contributed by atoms with Crippen molar-refractivity contribution in [1.82, 2.24) is 30.0 Å². The number of aromatic nitrogens is 4. The summed E-state index contributed by atoms with van der Waals surface area (Å²) in [5.41, 5.74) is 1.07. The maximum Gasteiger partial charge on any atom is 0.194 e. The van der Waals surface area contributed by atoms with Crippen molar-refractivity contribution in [1.29, 1.82) is 0 Å². The monoisotopic (exact) mass is 333 g/mol. The van der Waals surface area contributed by atoms with Gasteiger partial charge < -0.3 is 14.8 Å². The van der Waals surface area contributed by atoms with Crippen molar-refractivity contribution < 1.29 is 0 Å². The van der Waals surface area contributed by atoms with E-state index in [1.165, 1.54) is 0 Å². The lowest BCUT2D eigenvalue weighted by Gasteiger charge is -2.21. The smallest absolute Gasteiger partial charge is 0.194 e. The molecule has 0 spiro atoms. The zero-order valence-electron chi connectivity index (χ0n) is 13.9. The third-order valence-corrected chi connectivity index (χ3v) is 4.64. The zero-order valence-corrected chi connectivity index (χ0v) is 14.7. The van der Waals surface area contributed by atoms with Crippen LogP contribution in [-0.4, -0.2) is 44.2 Å². The number of hydrogen-bond acceptors (Lipinski definition) is 5. The van der Waals surface area contributed by atoms with Crippen LogP contribution in [0.15, 0.2) is 10.4 Å². The maximum absolute atomic E-state index is 4.72. The number of nitrogens with zero attached hydrogens (tertiary/aromatic N) is 6. The number of thiazole rings is 1. The van der Waals surface area contributed by atoms with Crippen molar-refractivity contribution in [3.8, 4) is 0 Å². The second kappa shape index (κ2) is 7.08. The fourth-order valence-electron chi connectivity index (χ4n) is 2.74. The van der Waals surface area contributed by atoms with Crippen LogP contribution >= 0.6 is 11.3 Å². The molecule has 3 rings (SSSR count). The van der Waals surface area contributed by atoms with Gasteiger partial charge in [0, 0.05) is 31.9 Å². The number of aryl methyl sites for hydroxylation is 2. The van der Waals surface area contributed by atoms with Gasteiger partial charge in [-0.2, -0.15) is 0 Å². The van der Waals surface area contributed by atoms with Gasteiger partial charge in [-0.25, -0.2) is 9.98 Å². The van der Waals surface area contributed by atoms with Crippen molar-refractivity contribution >= 4 is 17.3 Å². The van der Waals surface area contributed by atoms with Crippen LogP contribution in [0.25, 0.3) is 0 Å². The predicted octanol–water partition coefficient (Wildman–Crippen LogP) is 1.59. The molecule has 0 fully saturated rings. The van der Waals surface area contributed by atoms with E-state index in [1.807, 2.05) is 14.0 Å². The maximum atomic E-state index is 4.72. The van der Waals surface area contributed by atoms with Gasteiger partial charge in [0.15, 0.2) is 11.8 Å². The minimum Gasteiger partial charge on any atom is -0.357 e. The van der Waals surface area contributed by atoms with Gasteiger partial charge in [0.25, 0.3) is 0 Å². The Morgan fingerprint density at radius 3 is 3.09 bits per heavy atom. The number of aliphatic imine (C=N–C) groups is 1. The summed E-state index contributed by atoms with van der Waals surface area (Å²) in [6.45, 7) is 7.24. The quantitative estimate of drug-likeness (QED) is 0.664. The van der Waals surface area contributed by atoms with E-state index >= 15 is 0 Å². The molecule has 0 bridgehead atoms. The van der Waals surface area contributed by atoms with Gasteiger partial charge in [-0.3, -0.25) is 0 Å². The highest BCUT2D eigenvalue weighted by atomic mass is 32.1. The Bertz CT molecular complexity index is 688. The van der Waals surface area contributed by atoms with Crippen LogP contribution in [0.1, 0.15) is 35.7 Å². The SMILES string of the molecule is CCNC(=NCc1nnc2n1CCC2)N(C)Cc1csc(C)n1. The second-order valence-electron chi connectivity index (χ2n) is 5.67. The fourth-order valence-corrected chi connectivity index (χ4v) is 3.35. The first-order chi connectivity index (χ1) is 11.2. The van der Waals surface area contributed by atoms with E-state index in [0.717, 1.165) is 60.8 Å². The first-order valence-electron chi connectivity index (χ1n) is 7.98. The largest absolute Gasteiger partial charge is 0.357 e. The molecule has 0 aliphatic carbocycles. The Kier molecular flexibility index (Phi) is 4.90. The van der Waals surface area contributed by atoms with E-state index in [0.29, 0.717) is 6.54 Å². The van der Waals surface area contributed by atoms with E-state index in [9.17, 15) is 0 Å². The molecule has 3 heterocycles. The molecule has 0 saturated heterocycles. The minimum atomic E-state index is 0.551. The lowest BCUT2D eigenvalue weighted by atomic mass is 10.4. The Labute approximate surface area is 140 Å². The number of rotatable bonds is 5. The molecule has 8 heteroatoms. The molecule has 0 aromatic carbocycles. The molecular formula is C15H23N7S. The zero-order chi connectivity index (χ0) is 16.2. The minimum absolute atomic E-state index is 0.551. The van der Waals surface area contributed by atoms with E-state index in [-0.39, 0.29) is 0 Å². The van der Waals surface area contributed by atoms with E-state index < -0.39 is 0 Å². The highest BCUT2D eigenvalue weighted by Gasteiger charge is 2.17. The normalized spacial score (nSPS) is 14.1. The van der Waals surface area contributed by atoms with Gasteiger partial charge in [-0.05, 0) is 20.3 Å².